The smallest absolute Gasteiger partial charge is 0.234 e. The molecular weight excluding hydrogens is 226 g/mol. The number of aromatic nitrogens is 1. The van der Waals surface area contributed by atoms with Crippen LogP contribution in [0, 0.1) is 0 Å². The summed E-state index contributed by atoms with van der Waals surface area (Å²) in [6.07, 6.45) is 8.28. The van der Waals surface area contributed by atoms with Gasteiger partial charge in [-0.3, -0.25) is 9.78 Å². The maximum absolute atomic E-state index is 11.7. The summed E-state index contributed by atoms with van der Waals surface area (Å²) in [6.45, 7) is 2.43. The molecule has 1 aromatic rings. The van der Waals surface area contributed by atoms with Crippen molar-refractivity contribution < 1.29 is 4.79 Å². The van der Waals surface area contributed by atoms with Crippen LogP contribution in [0.25, 0.3) is 0 Å². The molecule has 0 spiro atoms. The molecule has 18 heavy (non-hydrogen) atoms. The molecule has 1 heterocycles. The van der Waals surface area contributed by atoms with Gasteiger partial charge in [-0.1, -0.05) is 12.8 Å². The highest BCUT2D eigenvalue weighted by molar-refractivity contribution is 5.78. The zero-order chi connectivity index (χ0) is 12.8. The molecule has 1 atom stereocenters. The van der Waals surface area contributed by atoms with Gasteiger partial charge in [0.25, 0.3) is 0 Å². The maximum Gasteiger partial charge on any atom is 0.234 e. The normalized spacial score (nSPS) is 17.6. The molecule has 0 aromatic carbocycles. The molecule has 0 unspecified atom stereocenters. The first-order valence-corrected chi connectivity index (χ1v) is 6.68. The molecule has 1 aliphatic rings. The van der Waals surface area contributed by atoms with Crippen molar-refractivity contribution in [1.29, 1.82) is 0 Å². The fourth-order valence-electron chi connectivity index (χ4n) is 2.36. The Kier molecular flexibility index (Phi) is 4.70. The lowest BCUT2D eigenvalue weighted by Crippen LogP contribution is -2.39. The number of carbonyl (C=O) groups excluding carboxylic acids is 1. The summed E-state index contributed by atoms with van der Waals surface area (Å²) in [7, 11) is 0. The number of rotatable bonds is 5. The van der Waals surface area contributed by atoms with Crippen LogP contribution in [0.3, 0.4) is 0 Å². The largest absolute Gasteiger partial charge is 0.352 e. The van der Waals surface area contributed by atoms with E-state index in [0.717, 1.165) is 18.4 Å². The maximum atomic E-state index is 11.7. The summed E-state index contributed by atoms with van der Waals surface area (Å²) in [6, 6.07) is 4.50. The zero-order valence-corrected chi connectivity index (χ0v) is 10.9. The fraction of sp³-hybridized carbons (Fsp3) is 0.571. The van der Waals surface area contributed by atoms with Crippen LogP contribution in [0.4, 0.5) is 0 Å². The molecule has 0 aliphatic heterocycles. The van der Waals surface area contributed by atoms with Gasteiger partial charge >= 0.3 is 0 Å². The highest BCUT2D eigenvalue weighted by Crippen LogP contribution is 2.17. The lowest BCUT2D eigenvalue weighted by molar-refractivity contribution is -0.121. The number of pyridine rings is 1. The zero-order valence-electron chi connectivity index (χ0n) is 10.9. The minimum absolute atomic E-state index is 0.0998. The van der Waals surface area contributed by atoms with Crippen LogP contribution in [0.5, 0.6) is 0 Å². The minimum atomic E-state index is 0.0998. The lowest BCUT2D eigenvalue weighted by Gasteiger charge is -2.16. The Labute approximate surface area is 108 Å². The van der Waals surface area contributed by atoms with Crippen molar-refractivity contribution in [3.63, 3.8) is 0 Å². The van der Waals surface area contributed by atoms with Crippen LogP contribution in [0.1, 0.15) is 44.2 Å². The van der Waals surface area contributed by atoms with E-state index in [1.807, 2.05) is 12.1 Å². The van der Waals surface area contributed by atoms with Gasteiger partial charge in [0.2, 0.25) is 5.91 Å². The van der Waals surface area contributed by atoms with Gasteiger partial charge in [0.05, 0.1) is 6.54 Å². The van der Waals surface area contributed by atoms with Gasteiger partial charge in [0, 0.05) is 24.5 Å². The Bertz CT molecular complexity index is 374. The first kappa shape index (κ1) is 13.0. The van der Waals surface area contributed by atoms with Crippen molar-refractivity contribution in [2.75, 3.05) is 6.54 Å². The summed E-state index contributed by atoms with van der Waals surface area (Å²) in [5.74, 6) is 0.0998. The third kappa shape index (κ3) is 3.81. The SMILES string of the molecule is C[C@H](NCC(=O)NC1CCCC1)c1ccncc1. The number of nitrogens with zero attached hydrogens (tertiary/aromatic N) is 1. The summed E-state index contributed by atoms with van der Waals surface area (Å²) in [5, 5.41) is 6.30. The Morgan fingerprint density at radius 3 is 2.72 bits per heavy atom. The molecule has 0 radical (unpaired) electrons. The molecule has 1 saturated carbocycles. The molecular formula is C14H21N3O. The van der Waals surface area contributed by atoms with Gasteiger partial charge in [-0.25, -0.2) is 0 Å². The predicted molar refractivity (Wildman–Crippen MR) is 71.1 cm³/mol. The van der Waals surface area contributed by atoms with Crippen LogP contribution >= 0.6 is 0 Å². The van der Waals surface area contributed by atoms with E-state index in [9.17, 15) is 4.79 Å². The van der Waals surface area contributed by atoms with Gasteiger partial charge in [-0.15, -0.1) is 0 Å². The van der Waals surface area contributed by atoms with Crippen molar-refractivity contribution in [3.05, 3.63) is 30.1 Å². The topological polar surface area (TPSA) is 54.0 Å². The molecule has 2 rings (SSSR count). The second kappa shape index (κ2) is 6.50. The number of hydrogen-bond donors (Lipinski definition) is 2. The molecule has 98 valence electrons. The summed E-state index contributed by atoms with van der Waals surface area (Å²) in [4.78, 5) is 15.7. The highest BCUT2D eigenvalue weighted by atomic mass is 16.1. The predicted octanol–water partition coefficient (Wildman–Crippen LogP) is 1.79. The average molecular weight is 247 g/mol. The highest BCUT2D eigenvalue weighted by Gasteiger charge is 2.17. The summed E-state index contributed by atoms with van der Waals surface area (Å²) < 4.78 is 0. The lowest BCUT2D eigenvalue weighted by atomic mass is 10.1. The Balaban J connectivity index is 1.72. The average Bonchev–Trinajstić information content (AvgIpc) is 2.90. The molecule has 1 aromatic heterocycles. The monoisotopic (exact) mass is 247 g/mol. The second-order valence-electron chi connectivity index (χ2n) is 4.93. The van der Waals surface area contributed by atoms with E-state index in [1.54, 1.807) is 12.4 Å². The molecule has 0 bridgehead atoms. The van der Waals surface area contributed by atoms with Gasteiger partial charge in [0.1, 0.15) is 0 Å². The van der Waals surface area contributed by atoms with Crippen LogP contribution < -0.4 is 10.6 Å². The fourth-order valence-corrected chi connectivity index (χ4v) is 2.36. The van der Waals surface area contributed by atoms with Crippen molar-refractivity contribution >= 4 is 5.91 Å². The molecule has 0 saturated heterocycles. The van der Waals surface area contributed by atoms with Gasteiger partial charge in [-0.2, -0.15) is 0 Å². The van der Waals surface area contributed by atoms with E-state index < -0.39 is 0 Å². The first-order valence-electron chi connectivity index (χ1n) is 6.68. The van der Waals surface area contributed by atoms with Crippen molar-refractivity contribution in [2.45, 2.75) is 44.7 Å². The van der Waals surface area contributed by atoms with Gasteiger partial charge in [0.15, 0.2) is 0 Å². The molecule has 1 fully saturated rings. The molecule has 4 heteroatoms. The summed E-state index contributed by atoms with van der Waals surface area (Å²) >= 11 is 0. The van der Waals surface area contributed by atoms with Crippen molar-refractivity contribution in [1.82, 2.24) is 15.6 Å². The minimum Gasteiger partial charge on any atom is -0.352 e. The van der Waals surface area contributed by atoms with E-state index in [0.29, 0.717) is 12.6 Å². The quantitative estimate of drug-likeness (QED) is 0.834. The Hall–Kier alpha value is -1.42. The van der Waals surface area contributed by atoms with Crippen LogP contribution in [-0.4, -0.2) is 23.5 Å². The summed E-state index contributed by atoms with van der Waals surface area (Å²) in [5.41, 5.74) is 1.15. The molecule has 2 N–H and O–H groups in total. The number of nitrogens with one attached hydrogen (secondary N) is 2. The van der Waals surface area contributed by atoms with Gasteiger partial charge in [-0.05, 0) is 37.5 Å². The number of carbonyl (C=O) groups is 1. The van der Waals surface area contributed by atoms with Crippen molar-refractivity contribution in [3.8, 4) is 0 Å². The molecule has 4 nitrogen and oxygen atoms in total. The Morgan fingerprint density at radius 2 is 2.06 bits per heavy atom. The van der Waals surface area contributed by atoms with Crippen molar-refractivity contribution in [2.24, 2.45) is 0 Å². The van der Waals surface area contributed by atoms with Gasteiger partial charge < -0.3 is 10.6 Å². The van der Waals surface area contributed by atoms with Crippen LogP contribution in [0.2, 0.25) is 0 Å². The second-order valence-corrected chi connectivity index (χ2v) is 4.93. The third-order valence-corrected chi connectivity index (χ3v) is 3.50. The van der Waals surface area contributed by atoms with E-state index >= 15 is 0 Å². The molecule has 1 aliphatic carbocycles. The van der Waals surface area contributed by atoms with Crippen LogP contribution in [0.15, 0.2) is 24.5 Å². The number of amides is 1. The van der Waals surface area contributed by atoms with Crippen LogP contribution in [-0.2, 0) is 4.79 Å². The third-order valence-electron chi connectivity index (χ3n) is 3.50. The molecule has 1 amide bonds. The van der Waals surface area contributed by atoms with E-state index in [2.05, 4.69) is 22.5 Å². The van der Waals surface area contributed by atoms with E-state index in [1.165, 1.54) is 12.8 Å². The first-order chi connectivity index (χ1) is 8.75. The van der Waals surface area contributed by atoms with E-state index in [-0.39, 0.29) is 11.9 Å². The number of hydrogen-bond acceptors (Lipinski definition) is 3. The Morgan fingerprint density at radius 1 is 1.39 bits per heavy atom. The standard InChI is InChI=1S/C14H21N3O/c1-11(12-6-8-15-9-7-12)16-10-14(18)17-13-4-2-3-5-13/h6-9,11,13,16H,2-5,10H2,1H3,(H,17,18)/t11-/m0/s1. The van der Waals surface area contributed by atoms with E-state index in [4.69, 9.17) is 0 Å².